The number of carbonyl (C=O) groups is 3. The largest absolute Gasteiger partial charge is 0.359 e. The number of amides is 3. The fourth-order valence-electron chi connectivity index (χ4n) is 5.00. The molecule has 13 heteroatoms. The van der Waals surface area contributed by atoms with Gasteiger partial charge >= 0.3 is 0 Å². The van der Waals surface area contributed by atoms with E-state index >= 15 is 0 Å². The molecule has 0 bridgehead atoms. The van der Waals surface area contributed by atoms with Crippen molar-refractivity contribution in [2.75, 3.05) is 4.90 Å². The zero-order chi connectivity index (χ0) is 33.9. The van der Waals surface area contributed by atoms with Crippen LogP contribution in [0.5, 0.6) is 0 Å². The van der Waals surface area contributed by atoms with E-state index in [9.17, 15) is 14.4 Å². The molecule has 0 aliphatic rings. The normalized spacial score (nSPS) is 12.0. The quantitative estimate of drug-likeness (QED) is 0.183. The molecule has 3 amide bonds. The number of rotatable bonds is 9. The Labute approximate surface area is 281 Å². The molecule has 5 rings (SSSR count). The second-order valence-corrected chi connectivity index (χ2v) is 12.7. The van der Waals surface area contributed by atoms with Gasteiger partial charge < -0.3 is 15.2 Å². The minimum atomic E-state index is -0.977. The van der Waals surface area contributed by atoms with E-state index in [2.05, 4.69) is 26.1 Å². The number of nitrogens with one attached hydrogen (secondary N) is 2. The monoisotopic (exact) mass is 673 g/mol. The standard InChI is InChI=1S/C34H33Cl2N7O4/c1-20-30(32(45)37-19-26-18-29(40-47-26)27-8-6-7-9-28(27)36)39-41-43(20)25-14-10-22(11-15-25)31(33(46)38-34(3,4)5)42(21(2)44)24-16-12-23(35)13-17-24/h6-18,31H,19H2,1-5H3,(H,37,45)(H,38,46). The Hall–Kier alpha value is -5.00. The number of hydrogen-bond donors (Lipinski definition) is 2. The molecule has 47 heavy (non-hydrogen) atoms. The summed E-state index contributed by atoms with van der Waals surface area (Å²) >= 11 is 12.3. The van der Waals surface area contributed by atoms with Crippen molar-refractivity contribution in [3.63, 3.8) is 0 Å². The molecular weight excluding hydrogens is 641 g/mol. The molecule has 0 spiro atoms. The van der Waals surface area contributed by atoms with Gasteiger partial charge in [0.25, 0.3) is 5.91 Å². The molecular formula is C34H33Cl2N7O4. The van der Waals surface area contributed by atoms with Crippen LogP contribution in [0.15, 0.2) is 83.4 Å². The van der Waals surface area contributed by atoms with Gasteiger partial charge in [-0.15, -0.1) is 5.10 Å². The summed E-state index contributed by atoms with van der Waals surface area (Å²) in [5, 5.41) is 19.2. The first-order chi connectivity index (χ1) is 22.3. The Morgan fingerprint density at radius 1 is 0.979 bits per heavy atom. The zero-order valence-electron chi connectivity index (χ0n) is 26.4. The minimum absolute atomic E-state index is 0.0789. The summed E-state index contributed by atoms with van der Waals surface area (Å²) in [5.41, 5.74) is 3.06. The first-order valence-corrected chi connectivity index (χ1v) is 15.5. The van der Waals surface area contributed by atoms with Gasteiger partial charge in [-0.05, 0) is 75.7 Å². The highest BCUT2D eigenvalue weighted by Gasteiger charge is 2.33. The first kappa shape index (κ1) is 33.4. The van der Waals surface area contributed by atoms with Gasteiger partial charge in [0.05, 0.1) is 22.9 Å². The van der Waals surface area contributed by atoms with Crippen LogP contribution in [0.3, 0.4) is 0 Å². The average Bonchev–Trinajstić information content (AvgIpc) is 3.65. The molecule has 11 nitrogen and oxygen atoms in total. The fraction of sp³-hybridized carbons (Fsp3) is 0.235. The summed E-state index contributed by atoms with van der Waals surface area (Å²) in [6.45, 7) is 8.83. The lowest BCUT2D eigenvalue weighted by Crippen LogP contribution is -2.49. The third-order valence-electron chi connectivity index (χ3n) is 7.14. The van der Waals surface area contributed by atoms with Gasteiger partial charge in [-0.2, -0.15) is 0 Å². The summed E-state index contributed by atoms with van der Waals surface area (Å²) in [4.78, 5) is 41.1. The number of hydrogen-bond acceptors (Lipinski definition) is 7. The van der Waals surface area contributed by atoms with Crippen molar-refractivity contribution in [2.45, 2.75) is 52.7 Å². The van der Waals surface area contributed by atoms with Crippen molar-refractivity contribution in [3.05, 3.63) is 112 Å². The molecule has 2 aromatic heterocycles. The molecule has 1 atom stereocenters. The van der Waals surface area contributed by atoms with Crippen LogP contribution in [0.2, 0.25) is 10.0 Å². The highest BCUT2D eigenvalue weighted by Crippen LogP contribution is 2.31. The second kappa shape index (κ2) is 13.8. The van der Waals surface area contributed by atoms with Crippen LogP contribution >= 0.6 is 23.2 Å². The molecule has 1 unspecified atom stereocenters. The van der Waals surface area contributed by atoms with Crippen molar-refractivity contribution in [1.82, 2.24) is 30.8 Å². The number of aromatic nitrogens is 4. The molecule has 242 valence electrons. The summed E-state index contributed by atoms with van der Waals surface area (Å²) in [6, 6.07) is 21.7. The van der Waals surface area contributed by atoms with E-state index in [0.29, 0.717) is 44.1 Å². The van der Waals surface area contributed by atoms with Gasteiger partial charge in [-0.3, -0.25) is 19.3 Å². The molecule has 5 aromatic rings. The molecule has 2 heterocycles. The molecule has 0 aliphatic carbocycles. The minimum Gasteiger partial charge on any atom is -0.359 e. The maximum atomic E-state index is 13.7. The van der Waals surface area contributed by atoms with Crippen LogP contribution in [0, 0.1) is 6.92 Å². The Morgan fingerprint density at radius 2 is 1.66 bits per heavy atom. The van der Waals surface area contributed by atoms with Crippen molar-refractivity contribution in [1.29, 1.82) is 0 Å². The number of carbonyl (C=O) groups excluding carboxylic acids is 3. The van der Waals surface area contributed by atoms with Gasteiger partial charge in [0.15, 0.2) is 11.5 Å². The third kappa shape index (κ3) is 7.70. The van der Waals surface area contributed by atoms with Crippen molar-refractivity contribution < 1.29 is 18.9 Å². The van der Waals surface area contributed by atoms with Gasteiger partial charge in [-0.25, -0.2) is 4.68 Å². The van der Waals surface area contributed by atoms with E-state index in [-0.39, 0.29) is 24.1 Å². The number of halogens is 2. The predicted octanol–water partition coefficient (Wildman–Crippen LogP) is 6.48. The van der Waals surface area contributed by atoms with Crippen LogP contribution in [0.1, 0.15) is 61.2 Å². The van der Waals surface area contributed by atoms with E-state index in [1.165, 1.54) is 16.5 Å². The molecule has 0 fully saturated rings. The molecule has 0 radical (unpaired) electrons. The van der Waals surface area contributed by atoms with Gasteiger partial charge in [0.2, 0.25) is 11.8 Å². The third-order valence-corrected chi connectivity index (χ3v) is 7.73. The molecule has 0 saturated carbocycles. The Bertz CT molecular complexity index is 1910. The molecule has 3 aromatic carbocycles. The van der Waals surface area contributed by atoms with Crippen molar-refractivity contribution >= 4 is 46.6 Å². The van der Waals surface area contributed by atoms with E-state index in [1.54, 1.807) is 67.6 Å². The topological polar surface area (TPSA) is 135 Å². The summed E-state index contributed by atoms with van der Waals surface area (Å²) in [5.74, 6) is -0.673. The summed E-state index contributed by atoms with van der Waals surface area (Å²) < 4.78 is 6.90. The number of benzene rings is 3. The summed E-state index contributed by atoms with van der Waals surface area (Å²) in [7, 11) is 0. The average molecular weight is 675 g/mol. The maximum absolute atomic E-state index is 13.7. The van der Waals surface area contributed by atoms with Crippen LogP contribution in [-0.4, -0.2) is 43.4 Å². The van der Waals surface area contributed by atoms with Crippen molar-refractivity contribution in [3.8, 4) is 16.9 Å². The first-order valence-electron chi connectivity index (χ1n) is 14.7. The Morgan fingerprint density at radius 3 is 2.30 bits per heavy atom. The lowest BCUT2D eigenvalue weighted by molar-refractivity contribution is -0.127. The number of nitrogens with zero attached hydrogens (tertiary/aromatic N) is 5. The van der Waals surface area contributed by atoms with Gasteiger partial charge in [0, 0.05) is 34.8 Å². The second-order valence-electron chi connectivity index (χ2n) is 11.9. The number of anilines is 1. The van der Waals surface area contributed by atoms with Crippen molar-refractivity contribution in [2.24, 2.45) is 0 Å². The van der Waals surface area contributed by atoms with E-state index in [4.69, 9.17) is 27.7 Å². The SMILES string of the molecule is CC(=O)N(c1ccc(Cl)cc1)C(C(=O)NC(C)(C)C)c1ccc(-n2nnc(C(=O)NCc3cc(-c4ccccc4Cl)no3)c2C)cc1. The molecule has 0 aliphatic heterocycles. The zero-order valence-corrected chi connectivity index (χ0v) is 27.9. The van der Waals surface area contributed by atoms with Crippen LogP contribution in [0.25, 0.3) is 16.9 Å². The summed E-state index contributed by atoms with van der Waals surface area (Å²) in [6.07, 6.45) is 0. The van der Waals surface area contributed by atoms with E-state index in [0.717, 1.165) is 5.56 Å². The Kier molecular flexibility index (Phi) is 9.78. The lowest BCUT2D eigenvalue weighted by Gasteiger charge is -2.33. The van der Waals surface area contributed by atoms with Crippen LogP contribution in [-0.2, 0) is 16.1 Å². The highest BCUT2D eigenvalue weighted by molar-refractivity contribution is 6.33. The van der Waals surface area contributed by atoms with Crippen LogP contribution in [0.4, 0.5) is 5.69 Å². The molecule has 0 saturated heterocycles. The van der Waals surface area contributed by atoms with E-state index in [1.807, 2.05) is 39.0 Å². The smallest absolute Gasteiger partial charge is 0.274 e. The predicted molar refractivity (Wildman–Crippen MR) is 179 cm³/mol. The fourth-order valence-corrected chi connectivity index (χ4v) is 5.35. The Balaban J connectivity index is 1.36. The maximum Gasteiger partial charge on any atom is 0.274 e. The van der Waals surface area contributed by atoms with Gasteiger partial charge in [-0.1, -0.05) is 63.9 Å². The molecule has 2 N–H and O–H groups in total. The van der Waals surface area contributed by atoms with Crippen LogP contribution < -0.4 is 15.5 Å². The van der Waals surface area contributed by atoms with E-state index < -0.39 is 17.5 Å². The highest BCUT2D eigenvalue weighted by atomic mass is 35.5. The van der Waals surface area contributed by atoms with Gasteiger partial charge in [0.1, 0.15) is 11.7 Å². The lowest BCUT2D eigenvalue weighted by atomic mass is 10.0.